The van der Waals surface area contributed by atoms with Gasteiger partial charge in [0.25, 0.3) is 0 Å². The number of hydrogen-bond donors (Lipinski definition) is 1. The molecule has 0 saturated carbocycles. The molecule has 0 heterocycles. The zero-order valence-electron chi connectivity index (χ0n) is 14.6. The van der Waals surface area contributed by atoms with Crippen molar-refractivity contribution >= 4 is 12.6 Å². The van der Waals surface area contributed by atoms with Crippen molar-refractivity contribution in [1.82, 2.24) is 0 Å². The molecule has 0 aliphatic rings. The Morgan fingerprint density at radius 3 is 2.00 bits per heavy atom. The van der Waals surface area contributed by atoms with Crippen LogP contribution in [-0.2, 0) is 5.41 Å². The maximum absolute atomic E-state index is 5.97. The van der Waals surface area contributed by atoms with Gasteiger partial charge in [-0.25, -0.2) is 0 Å². The molecule has 1 nitrogen and oxygen atoms in total. The normalized spacial score (nSPS) is 10.9. The van der Waals surface area contributed by atoms with Gasteiger partial charge in [-0.2, -0.15) is 12.6 Å². The summed E-state index contributed by atoms with van der Waals surface area (Å²) in [6, 6.07) is 17.0. The molecule has 0 unspecified atom stereocenters. The van der Waals surface area contributed by atoms with Crippen molar-refractivity contribution in [3.63, 3.8) is 0 Å². The van der Waals surface area contributed by atoms with Crippen LogP contribution in [-0.4, -0.2) is 12.4 Å². The van der Waals surface area contributed by atoms with Crippen molar-refractivity contribution in [3.05, 3.63) is 54.1 Å². The van der Waals surface area contributed by atoms with Crippen LogP contribution < -0.4 is 4.74 Å². The molecule has 0 aliphatic heterocycles. The maximum Gasteiger partial charge on any atom is 0.127 e. The Hall–Kier alpha value is -1.41. The highest BCUT2D eigenvalue weighted by atomic mass is 32.1. The minimum Gasteiger partial charge on any atom is -0.490 e. The van der Waals surface area contributed by atoms with Crippen LogP contribution in [0.5, 0.6) is 5.75 Å². The lowest BCUT2D eigenvalue weighted by atomic mass is 9.85. The first-order valence-corrected chi connectivity index (χ1v) is 8.58. The Bertz CT molecular complexity index is 568. The second-order valence-corrected chi connectivity index (χ2v) is 6.49. The lowest BCUT2D eigenvalue weighted by Crippen LogP contribution is -2.12. The standard InChI is InChI=1S/C19H24O.CH4S/c1-14(2)20-18-12-11-16(19(3,4)5)13-17(18)15-9-7-6-8-10-15;1-2/h6-14H,1-5H3;2H,1H3. The van der Waals surface area contributed by atoms with Gasteiger partial charge in [-0.15, -0.1) is 0 Å². The Balaban J connectivity index is 0.00000116. The van der Waals surface area contributed by atoms with Crippen LogP contribution in [0.3, 0.4) is 0 Å². The van der Waals surface area contributed by atoms with E-state index in [9.17, 15) is 0 Å². The number of ether oxygens (including phenoxy) is 1. The van der Waals surface area contributed by atoms with Crippen molar-refractivity contribution in [2.75, 3.05) is 6.26 Å². The minimum atomic E-state index is 0.139. The molecular weight excluding hydrogens is 288 g/mol. The van der Waals surface area contributed by atoms with E-state index in [0.29, 0.717) is 0 Å². The van der Waals surface area contributed by atoms with Crippen LogP contribution in [0.4, 0.5) is 0 Å². The average molecular weight is 317 g/mol. The zero-order chi connectivity index (χ0) is 16.8. The smallest absolute Gasteiger partial charge is 0.127 e. The summed E-state index contributed by atoms with van der Waals surface area (Å²) in [5.74, 6) is 0.958. The average Bonchev–Trinajstić information content (AvgIpc) is 2.49. The SMILES string of the molecule is CC(C)Oc1ccc(C(C)(C)C)cc1-c1ccccc1.CS. The van der Waals surface area contributed by atoms with E-state index in [1.807, 2.05) is 6.07 Å². The lowest BCUT2D eigenvalue weighted by molar-refractivity contribution is 0.243. The first kappa shape index (κ1) is 18.6. The van der Waals surface area contributed by atoms with E-state index < -0.39 is 0 Å². The molecule has 0 aliphatic carbocycles. The van der Waals surface area contributed by atoms with Crippen LogP contribution in [0.25, 0.3) is 11.1 Å². The third-order valence-corrected chi connectivity index (χ3v) is 3.29. The molecule has 2 aromatic carbocycles. The van der Waals surface area contributed by atoms with Gasteiger partial charge in [0.05, 0.1) is 6.10 Å². The predicted octanol–water partition coefficient (Wildman–Crippen LogP) is 5.98. The second kappa shape index (κ2) is 8.28. The molecule has 0 fully saturated rings. The van der Waals surface area contributed by atoms with Gasteiger partial charge in [0.15, 0.2) is 0 Å². The summed E-state index contributed by atoms with van der Waals surface area (Å²) in [5, 5.41) is 0. The van der Waals surface area contributed by atoms with Crippen molar-refractivity contribution in [2.45, 2.75) is 46.1 Å². The summed E-state index contributed by atoms with van der Waals surface area (Å²) >= 11 is 3.53. The summed E-state index contributed by atoms with van der Waals surface area (Å²) in [6.07, 6.45) is 1.87. The summed E-state index contributed by atoms with van der Waals surface area (Å²) in [4.78, 5) is 0. The molecule has 0 amide bonds. The largest absolute Gasteiger partial charge is 0.490 e. The summed E-state index contributed by atoms with van der Waals surface area (Å²) < 4.78 is 5.97. The Morgan fingerprint density at radius 2 is 1.50 bits per heavy atom. The van der Waals surface area contributed by atoms with E-state index in [4.69, 9.17) is 4.74 Å². The van der Waals surface area contributed by atoms with E-state index in [1.165, 1.54) is 16.7 Å². The van der Waals surface area contributed by atoms with Gasteiger partial charge in [-0.1, -0.05) is 57.2 Å². The predicted molar refractivity (Wildman–Crippen MR) is 101 cm³/mol. The number of benzene rings is 2. The molecule has 0 spiro atoms. The van der Waals surface area contributed by atoms with Crippen LogP contribution in [0.15, 0.2) is 48.5 Å². The molecule has 0 aromatic heterocycles. The van der Waals surface area contributed by atoms with Gasteiger partial charge >= 0.3 is 0 Å². The Morgan fingerprint density at radius 1 is 0.909 bits per heavy atom. The van der Waals surface area contributed by atoms with Gasteiger partial charge in [0.2, 0.25) is 0 Å². The fraction of sp³-hybridized carbons (Fsp3) is 0.400. The fourth-order valence-corrected chi connectivity index (χ4v) is 2.20. The molecule has 22 heavy (non-hydrogen) atoms. The van der Waals surface area contributed by atoms with Crippen molar-refractivity contribution in [2.24, 2.45) is 0 Å². The van der Waals surface area contributed by atoms with Crippen LogP contribution in [0.2, 0.25) is 0 Å². The van der Waals surface area contributed by atoms with Gasteiger partial charge in [0.1, 0.15) is 5.75 Å². The van der Waals surface area contributed by atoms with Crippen LogP contribution in [0, 0.1) is 0 Å². The van der Waals surface area contributed by atoms with Crippen molar-refractivity contribution in [3.8, 4) is 16.9 Å². The third-order valence-electron chi connectivity index (χ3n) is 3.29. The first-order valence-electron chi connectivity index (χ1n) is 7.69. The molecule has 0 bridgehead atoms. The molecular formula is C20H28OS. The highest BCUT2D eigenvalue weighted by Gasteiger charge is 2.17. The van der Waals surface area contributed by atoms with Crippen molar-refractivity contribution in [1.29, 1.82) is 0 Å². The Kier molecular flexibility index (Phi) is 7.02. The van der Waals surface area contributed by atoms with Gasteiger partial charge in [-0.3, -0.25) is 0 Å². The van der Waals surface area contributed by atoms with Crippen LogP contribution in [0.1, 0.15) is 40.2 Å². The highest BCUT2D eigenvalue weighted by molar-refractivity contribution is 7.79. The monoisotopic (exact) mass is 316 g/mol. The summed E-state index contributed by atoms with van der Waals surface area (Å²) in [5.41, 5.74) is 3.84. The maximum atomic E-state index is 5.97. The molecule has 0 N–H and O–H groups in total. The second-order valence-electron chi connectivity index (χ2n) is 6.49. The number of thiol groups is 1. The third kappa shape index (κ3) is 5.10. The van der Waals surface area contributed by atoms with Gasteiger partial charge in [-0.05, 0) is 48.8 Å². The van der Waals surface area contributed by atoms with Gasteiger partial charge in [0, 0.05) is 5.56 Å². The van der Waals surface area contributed by atoms with E-state index in [2.05, 4.69) is 89.7 Å². The quantitative estimate of drug-likeness (QED) is 0.685. The molecule has 0 saturated heterocycles. The lowest BCUT2D eigenvalue weighted by Gasteiger charge is -2.22. The minimum absolute atomic E-state index is 0.139. The first-order chi connectivity index (χ1) is 10.4. The topological polar surface area (TPSA) is 9.23 Å². The fourth-order valence-electron chi connectivity index (χ4n) is 2.20. The molecule has 0 atom stereocenters. The number of rotatable bonds is 3. The van der Waals surface area contributed by atoms with E-state index in [-0.39, 0.29) is 11.5 Å². The van der Waals surface area contributed by atoms with E-state index >= 15 is 0 Å². The van der Waals surface area contributed by atoms with Crippen molar-refractivity contribution < 1.29 is 4.74 Å². The molecule has 0 radical (unpaired) electrons. The number of hydrogen-bond acceptors (Lipinski definition) is 2. The summed E-state index contributed by atoms with van der Waals surface area (Å²) in [7, 11) is 0. The molecule has 2 rings (SSSR count). The highest BCUT2D eigenvalue weighted by Crippen LogP contribution is 2.35. The van der Waals surface area contributed by atoms with Crippen LogP contribution >= 0.6 is 12.6 Å². The Labute approximate surface area is 141 Å². The molecule has 120 valence electrons. The van der Waals surface area contributed by atoms with Gasteiger partial charge < -0.3 is 4.74 Å². The van der Waals surface area contributed by atoms with E-state index in [1.54, 1.807) is 6.26 Å². The molecule has 2 heteroatoms. The summed E-state index contributed by atoms with van der Waals surface area (Å²) in [6.45, 7) is 10.8. The molecule has 2 aromatic rings. The van der Waals surface area contributed by atoms with E-state index in [0.717, 1.165) is 5.75 Å². The zero-order valence-corrected chi connectivity index (χ0v) is 15.4.